The Morgan fingerprint density at radius 3 is 2.06 bits per heavy atom. The van der Waals surface area contributed by atoms with Crippen LogP contribution < -0.4 is 5.32 Å². The van der Waals surface area contributed by atoms with Gasteiger partial charge in [-0.1, -0.05) is 62.3 Å². The molecule has 0 spiro atoms. The van der Waals surface area contributed by atoms with Gasteiger partial charge in [-0.05, 0) is 30.7 Å². The number of rotatable bonds is 3. The van der Waals surface area contributed by atoms with Gasteiger partial charge in [-0.3, -0.25) is 9.48 Å². The standard InChI is InChI=1S/C16H25N5O.C4H10.3C2H6/c22-16-12-21-15(1-5-18-21)4-8-20(16)14-2-6-19(7-3-14)11-13-9-17-10-13;1-4(2)3;3*1-2/h1,5,13-14,17H,2-4,6-12H2;4H,1-3H3;3*1-2H3. The van der Waals surface area contributed by atoms with Gasteiger partial charge in [0.1, 0.15) is 6.54 Å². The molecule has 0 unspecified atom stereocenters. The molecule has 6 nitrogen and oxygen atoms in total. The lowest BCUT2D eigenvalue weighted by Crippen LogP contribution is -2.52. The zero-order valence-corrected chi connectivity index (χ0v) is 22.7. The van der Waals surface area contributed by atoms with Gasteiger partial charge in [0.15, 0.2) is 0 Å². The maximum atomic E-state index is 12.5. The summed E-state index contributed by atoms with van der Waals surface area (Å²) in [7, 11) is 0. The van der Waals surface area contributed by atoms with Crippen LogP contribution in [0.15, 0.2) is 12.3 Å². The summed E-state index contributed by atoms with van der Waals surface area (Å²) in [6, 6.07) is 2.46. The fourth-order valence-corrected chi connectivity index (χ4v) is 3.94. The van der Waals surface area contributed by atoms with Gasteiger partial charge in [0.25, 0.3) is 0 Å². The molecular formula is C26H53N5O. The Kier molecular flexibility index (Phi) is 17.3. The zero-order valence-electron chi connectivity index (χ0n) is 22.7. The Morgan fingerprint density at radius 1 is 1.00 bits per heavy atom. The first kappa shape index (κ1) is 30.6. The zero-order chi connectivity index (χ0) is 24.5. The third-order valence-electron chi connectivity index (χ3n) is 5.40. The van der Waals surface area contributed by atoms with E-state index in [-0.39, 0.29) is 5.91 Å². The second-order valence-corrected chi connectivity index (χ2v) is 8.61. The number of carbonyl (C=O) groups excluding carboxylic acids is 1. The third-order valence-corrected chi connectivity index (χ3v) is 5.40. The minimum Gasteiger partial charge on any atom is -0.338 e. The van der Waals surface area contributed by atoms with Crippen molar-refractivity contribution in [3.63, 3.8) is 0 Å². The van der Waals surface area contributed by atoms with Crippen molar-refractivity contribution in [3.05, 3.63) is 18.0 Å². The van der Waals surface area contributed by atoms with Crippen LogP contribution in [0.25, 0.3) is 0 Å². The largest absolute Gasteiger partial charge is 0.338 e. The van der Waals surface area contributed by atoms with Crippen LogP contribution in [-0.4, -0.2) is 70.8 Å². The minimum absolute atomic E-state index is 0.240. The summed E-state index contributed by atoms with van der Waals surface area (Å²) in [5.41, 5.74) is 1.19. The number of carbonyl (C=O) groups is 1. The normalized spacial score (nSPS) is 18.8. The fourth-order valence-electron chi connectivity index (χ4n) is 3.94. The van der Waals surface area contributed by atoms with E-state index in [4.69, 9.17) is 0 Å². The van der Waals surface area contributed by atoms with E-state index in [0.29, 0.717) is 12.6 Å². The van der Waals surface area contributed by atoms with Gasteiger partial charge >= 0.3 is 0 Å². The lowest BCUT2D eigenvalue weighted by molar-refractivity contribution is -0.134. The molecule has 6 heteroatoms. The number of piperidine rings is 1. The molecule has 188 valence electrons. The summed E-state index contributed by atoms with van der Waals surface area (Å²) in [5.74, 6) is 1.91. The number of nitrogens with zero attached hydrogens (tertiary/aromatic N) is 4. The fraction of sp³-hybridized carbons (Fsp3) is 0.846. The summed E-state index contributed by atoms with van der Waals surface area (Å²) < 4.78 is 1.86. The van der Waals surface area contributed by atoms with Crippen LogP contribution in [0.3, 0.4) is 0 Å². The molecule has 2 fully saturated rings. The highest BCUT2D eigenvalue weighted by molar-refractivity contribution is 5.76. The van der Waals surface area contributed by atoms with Crippen molar-refractivity contribution >= 4 is 5.91 Å². The molecule has 2 saturated heterocycles. The topological polar surface area (TPSA) is 53.4 Å². The van der Waals surface area contributed by atoms with Crippen LogP contribution >= 0.6 is 0 Å². The Balaban J connectivity index is 0.000000839. The van der Waals surface area contributed by atoms with Crippen molar-refractivity contribution < 1.29 is 4.79 Å². The van der Waals surface area contributed by atoms with Crippen LogP contribution in [-0.2, 0) is 17.8 Å². The molecule has 1 N–H and O–H groups in total. The monoisotopic (exact) mass is 451 g/mol. The first-order valence-corrected chi connectivity index (χ1v) is 13.3. The molecule has 32 heavy (non-hydrogen) atoms. The number of hydrogen-bond donors (Lipinski definition) is 1. The van der Waals surface area contributed by atoms with E-state index in [0.717, 1.165) is 50.7 Å². The van der Waals surface area contributed by atoms with Gasteiger partial charge in [-0.25, -0.2) is 0 Å². The molecule has 0 saturated carbocycles. The predicted molar refractivity (Wildman–Crippen MR) is 138 cm³/mol. The van der Waals surface area contributed by atoms with Gasteiger partial charge in [0.2, 0.25) is 5.91 Å². The van der Waals surface area contributed by atoms with Crippen molar-refractivity contribution in [2.24, 2.45) is 11.8 Å². The molecule has 1 amide bonds. The van der Waals surface area contributed by atoms with Crippen molar-refractivity contribution in [1.82, 2.24) is 24.9 Å². The van der Waals surface area contributed by atoms with Gasteiger partial charge in [0, 0.05) is 63.6 Å². The molecule has 0 aliphatic carbocycles. The number of aromatic nitrogens is 2. The maximum absolute atomic E-state index is 12.5. The third kappa shape index (κ3) is 10.5. The van der Waals surface area contributed by atoms with E-state index >= 15 is 0 Å². The summed E-state index contributed by atoms with van der Waals surface area (Å²) >= 11 is 0. The molecular weight excluding hydrogens is 398 g/mol. The Hall–Kier alpha value is -1.40. The average molecular weight is 452 g/mol. The highest BCUT2D eigenvalue weighted by Gasteiger charge is 2.31. The van der Waals surface area contributed by atoms with Crippen LogP contribution in [0.5, 0.6) is 0 Å². The molecule has 1 aromatic heterocycles. The molecule has 0 bridgehead atoms. The number of amides is 1. The minimum atomic E-state index is 0.240. The Bertz CT molecular complexity index is 572. The van der Waals surface area contributed by atoms with Gasteiger partial charge in [-0.15, -0.1) is 0 Å². The number of hydrogen-bond acceptors (Lipinski definition) is 4. The second-order valence-electron chi connectivity index (χ2n) is 8.61. The number of fused-ring (bicyclic) bond motifs is 1. The lowest BCUT2D eigenvalue weighted by Gasteiger charge is -2.40. The highest BCUT2D eigenvalue weighted by Crippen LogP contribution is 2.21. The Labute approximate surface area is 199 Å². The van der Waals surface area contributed by atoms with E-state index < -0.39 is 0 Å². The van der Waals surface area contributed by atoms with E-state index in [1.54, 1.807) is 6.20 Å². The van der Waals surface area contributed by atoms with Gasteiger partial charge in [-0.2, -0.15) is 5.10 Å². The summed E-state index contributed by atoms with van der Waals surface area (Å²) in [6.07, 6.45) is 4.97. The second kappa shape index (κ2) is 18.1. The first-order valence-electron chi connectivity index (χ1n) is 13.3. The van der Waals surface area contributed by atoms with E-state index in [2.05, 4.69) is 41.0 Å². The molecule has 0 aromatic carbocycles. The molecule has 3 aliphatic rings. The van der Waals surface area contributed by atoms with Crippen molar-refractivity contribution in [2.45, 2.75) is 94.2 Å². The van der Waals surface area contributed by atoms with E-state index in [9.17, 15) is 4.79 Å². The SMILES string of the molecule is CC.CC.CC.CC(C)C.O=C1Cn2nccc2CCN1C1CCN(CC2CNC2)CC1. The molecule has 0 atom stereocenters. The quantitative estimate of drug-likeness (QED) is 0.724. The van der Waals surface area contributed by atoms with E-state index in [1.807, 2.05) is 52.3 Å². The molecule has 0 radical (unpaired) electrons. The summed E-state index contributed by atoms with van der Waals surface area (Å²) in [4.78, 5) is 17.2. The highest BCUT2D eigenvalue weighted by atomic mass is 16.2. The molecule has 1 aromatic rings. The van der Waals surface area contributed by atoms with Crippen LogP contribution in [0, 0.1) is 11.8 Å². The van der Waals surface area contributed by atoms with Gasteiger partial charge in [0.05, 0.1) is 0 Å². The van der Waals surface area contributed by atoms with Crippen LogP contribution in [0.1, 0.15) is 80.8 Å². The molecule has 4 rings (SSSR count). The maximum Gasteiger partial charge on any atom is 0.244 e. The smallest absolute Gasteiger partial charge is 0.244 e. The van der Waals surface area contributed by atoms with E-state index in [1.165, 1.54) is 25.3 Å². The van der Waals surface area contributed by atoms with Crippen molar-refractivity contribution in [3.8, 4) is 0 Å². The predicted octanol–water partition coefficient (Wildman–Crippen LogP) is 4.69. The number of likely N-dealkylation sites (tertiary alicyclic amines) is 1. The lowest BCUT2D eigenvalue weighted by atomic mass is 9.98. The number of nitrogens with one attached hydrogen (secondary N) is 1. The van der Waals surface area contributed by atoms with Crippen LogP contribution in [0.4, 0.5) is 0 Å². The van der Waals surface area contributed by atoms with Crippen molar-refractivity contribution in [2.75, 3.05) is 39.3 Å². The molecule has 3 aliphatic heterocycles. The first-order chi connectivity index (χ1) is 15.5. The van der Waals surface area contributed by atoms with Gasteiger partial charge < -0.3 is 15.1 Å². The summed E-state index contributed by atoms with van der Waals surface area (Å²) in [5, 5.41) is 7.60. The Morgan fingerprint density at radius 2 is 1.56 bits per heavy atom. The summed E-state index contributed by atoms with van der Waals surface area (Å²) in [6.45, 7) is 25.6. The van der Waals surface area contributed by atoms with Crippen molar-refractivity contribution in [1.29, 1.82) is 0 Å². The van der Waals surface area contributed by atoms with Crippen LogP contribution in [0.2, 0.25) is 0 Å². The molecule has 4 heterocycles. The average Bonchev–Trinajstić information content (AvgIpc) is 3.16.